The molecule has 2 saturated heterocycles. The first-order chi connectivity index (χ1) is 13.2. The number of rotatable bonds is 5. The second kappa shape index (κ2) is 9.98. The number of hydrogen-bond acceptors (Lipinski definition) is 3. The minimum absolute atomic E-state index is 0.736. The largest absolute Gasteiger partial charge is 0.368 e. The maximum absolute atomic E-state index is 4.56. The summed E-state index contributed by atoms with van der Waals surface area (Å²) in [5.74, 6) is 2.56. The molecule has 1 N–H and O–H groups in total. The first-order valence-electron chi connectivity index (χ1n) is 10.6. The first kappa shape index (κ1) is 20.0. The summed E-state index contributed by atoms with van der Waals surface area (Å²) >= 11 is 0. The Morgan fingerprint density at radius 3 is 2.52 bits per heavy atom. The number of piperazine rings is 1. The van der Waals surface area contributed by atoms with Crippen LogP contribution >= 0.6 is 0 Å². The molecule has 0 spiro atoms. The molecule has 5 nitrogen and oxygen atoms in total. The molecule has 0 amide bonds. The lowest BCUT2D eigenvalue weighted by molar-refractivity contribution is 0.159. The molecule has 0 radical (unpaired) electrons. The highest BCUT2D eigenvalue weighted by Gasteiger charge is 2.23. The molecule has 1 aromatic rings. The van der Waals surface area contributed by atoms with E-state index < -0.39 is 0 Å². The third-order valence-electron chi connectivity index (χ3n) is 5.69. The van der Waals surface area contributed by atoms with Gasteiger partial charge in [0.15, 0.2) is 5.96 Å². The van der Waals surface area contributed by atoms with E-state index in [1.807, 2.05) is 7.05 Å². The number of guanidine groups is 1. The van der Waals surface area contributed by atoms with Gasteiger partial charge in [0.2, 0.25) is 0 Å². The van der Waals surface area contributed by atoms with E-state index in [-0.39, 0.29) is 0 Å². The molecule has 150 valence electrons. The van der Waals surface area contributed by atoms with Crippen LogP contribution in [0.2, 0.25) is 0 Å². The Kier molecular flexibility index (Phi) is 7.39. The van der Waals surface area contributed by atoms with Crippen LogP contribution in [0.25, 0.3) is 0 Å². The predicted molar refractivity (Wildman–Crippen MR) is 116 cm³/mol. The number of anilines is 1. The van der Waals surface area contributed by atoms with E-state index in [4.69, 9.17) is 0 Å². The molecule has 0 aliphatic carbocycles. The lowest BCUT2D eigenvalue weighted by Gasteiger charge is -2.38. The van der Waals surface area contributed by atoms with Crippen LogP contribution in [-0.2, 0) is 0 Å². The highest BCUT2D eigenvalue weighted by molar-refractivity contribution is 5.80. The van der Waals surface area contributed by atoms with Crippen LogP contribution in [0.3, 0.4) is 0 Å². The van der Waals surface area contributed by atoms with Crippen molar-refractivity contribution in [3.05, 3.63) is 30.3 Å². The number of benzene rings is 1. The molecule has 27 heavy (non-hydrogen) atoms. The van der Waals surface area contributed by atoms with Crippen LogP contribution < -0.4 is 10.2 Å². The number of likely N-dealkylation sites (tertiary alicyclic amines) is 1. The predicted octanol–water partition coefficient (Wildman–Crippen LogP) is 2.75. The zero-order chi connectivity index (χ0) is 19.1. The van der Waals surface area contributed by atoms with Gasteiger partial charge in [-0.15, -0.1) is 0 Å². The van der Waals surface area contributed by atoms with E-state index in [0.29, 0.717) is 0 Å². The van der Waals surface area contributed by atoms with Crippen molar-refractivity contribution in [1.82, 2.24) is 15.1 Å². The molecule has 3 rings (SSSR count). The van der Waals surface area contributed by atoms with Gasteiger partial charge in [-0.3, -0.25) is 4.99 Å². The normalized spacial score (nSPS) is 22.4. The van der Waals surface area contributed by atoms with Crippen molar-refractivity contribution >= 4 is 11.6 Å². The highest BCUT2D eigenvalue weighted by Crippen LogP contribution is 2.18. The number of piperidine rings is 1. The summed E-state index contributed by atoms with van der Waals surface area (Å²) in [5, 5.41) is 3.67. The first-order valence-corrected chi connectivity index (χ1v) is 10.6. The number of nitrogens with zero attached hydrogens (tertiary/aromatic N) is 4. The van der Waals surface area contributed by atoms with Crippen molar-refractivity contribution in [3.63, 3.8) is 0 Å². The van der Waals surface area contributed by atoms with Crippen LogP contribution in [0.15, 0.2) is 35.3 Å². The number of hydrogen-bond donors (Lipinski definition) is 1. The molecule has 0 bridgehead atoms. The highest BCUT2D eigenvalue weighted by atomic mass is 15.3. The summed E-state index contributed by atoms with van der Waals surface area (Å²) in [6, 6.07) is 10.7. The molecule has 0 aromatic heterocycles. The van der Waals surface area contributed by atoms with Gasteiger partial charge in [-0.1, -0.05) is 32.0 Å². The third kappa shape index (κ3) is 5.86. The minimum Gasteiger partial charge on any atom is -0.368 e. The Bertz CT molecular complexity index is 578. The molecule has 1 atom stereocenters. The third-order valence-corrected chi connectivity index (χ3v) is 5.69. The molecule has 2 fully saturated rings. The average Bonchev–Trinajstić information content (AvgIpc) is 2.69. The molecule has 2 heterocycles. The fraction of sp³-hybridized carbons (Fsp3) is 0.682. The summed E-state index contributed by atoms with van der Waals surface area (Å²) in [7, 11) is 1.91. The van der Waals surface area contributed by atoms with Gasteiger partial charge in [-0.2, -0.15) is 0 Å². The lowest BCUT2D eigenvalue weighted by Crippen LogP contribution is -2.53. The van der Waals surface area contributed by atoms with E-state index in [0.717, 1.165) is 50.5 Å². The van der Waals surface area contributed by atoms with E-state index >= 15 is 0 Å². The Morgan fingerprint density at radius 1 is 1.11 bits per heavy atom. The van der Waals surface area contributed by atoms with E-state index in [9.17, 15) is 0 Å². The van der Waals surface area contributed by atoms with Gasteiger partial charge in [0.25, 0.3) is 0 Å². The van der Waals surface area contributed by atoms with Crippen molar-refractivity contribution in [1.29, 1.82) is 0 Å². The maximum Gasteiger partial charge on any atom is 0.193 e. The molecule has 1 aromatic carbocycles. The maximum atomic E-state index is 4.56. The molecular formula is C22H37N5. The van der Waals surface area contributed by atoms with Gasteiger partial charge in [0, 0.05) is 58.5 Å². The van der Waals surface area contributed by atoms with Crippen LogP contribution in [-0.4, -0.2) is 75.2 Å². The fourth-order valence-electron chi connectivity index (χ4n) is 4.38. The average molecular weight is 372 g/mol. The Balaban J connectivity index is 1.44. The topological polar surface area (TPSA) is 34.1 Å². The van der Waals surface area contributed by atoms with E-state index in [1.54, 1.807) is 0 Å². The minimum atomic E-state index is 0.736. The van der Waals surface area contributed by atoms with Crippen LogP contribution in [0.1, 0.15) is 26.7 Å². The fourth-order valence-corrected chi connectivity index (χ4v) is 4.38. The summed E-state index contributed by atoms with van der Waals surface area (Å²) in [5.41, 5.74) is 1.33. The van der Waals surface area contributed by atoms with Gasteiger partial charge >= 0.3 is 0 Å². The van der Waals surface area contributed by atoms with Crippen LogP contribution in [0, 0.1) is 11.8 Å². The molecule has 5 heteroatoms. The monoisotopic (exact) mass is 371 g/mol. The zero-order valence-corrected chi connectivity index (χ0v) is 17.4. The second-order valence-corrected chi connectivity index (χ2v) is 8.40. The molecule has 1 unspecified atom stereocenters. The van der Waals surface area contributed by atoms with Gasteiger partial charge in [-0.05, 0) is 43.4 Å². The van der Waals surface area contributed by atoms with Crippen LogP contribution in [0.5, 0.6) is 0 Å². The SMILES string of the molecule is CN=C(NCC1CCCN(CC(C)C)C1)N1CCN(c2ccccc2)CC1. The molecule has 2 aliphatic heterocycles. The molecule has 2 aliphatic rings. The van der Waals surface area contributed by atoms with Crippen molar-refractivity contribution in [2.24, 2.45) is 16.8 Å². The molecule has 0 saturated carbocycles. The van der Waals surface area contributed by atoms with Crippen molar-refractivity contribution in [2.75, 3.05) is 64.3 Å². The van der Waals surface area contributed by atoms with Gasteiger partial charge in [0.1, 0.15) is 0 Å². The number of nitrogens with one attached hydrogen (secondary N) is 1. The number of para-hydroxylation sites is 1. The van der Waals surface area contributed by atoms with Gasteiger partial charge in [-0.25, -0.2) is 0 Å². The quantitative estimate of drug-likeness (QED) is 0.637. The Labute approximate surface area is 165 Å². The van der Waals surface area contributed by atoms with E-state index in [2.05, 4.69) is 69.2 Å². The summed E-state index contributed by atoms with van der Waals surface area (Å²) < 4.78 is 0. The smallest absolute Gasteiger partial charge is 0.193 e. The Morgan fingerprint density at radius 2 is 1.85 bits per heavy atom. The van der Waals surface area contributed by atoms with Crippen molar-refractivity contribution < 1.29 is 0 Å². The zero-order valence-electron chi connectivity index (χ0n) is 17.4. The van der Waals surface area contributed by atoms with E-state index in [1.165, 1.54) is 38.2 Å². The van der Waals surface area contributed by atoms with Gasteiger partial charge in [0.05, 0.1) is 0 Å². The van der Waals surface area contributed by atoms with Crippen molar-refractivity contribution in [2.45, 2.75) is 26.7 Å². The van der Waals surface area contributed by atoms with Gasteiger partial charge < -0.3 is 20.0 Å². The summed E-state index contributed by atoms with van der Waals surface area (Å²) in [6.07, 6.45) is 2.66. The van der Waals surface area contributed by atoms with Crippen molar-refractivity contribution in [3.8, 4) is 0 Å². The summed E-state index contributed by atoms with van der Waals surface area (Å²) in [6.45, 7) is 13.6. The summed E-state index contributed by atoms with van der Waals surface area (Å²) in [4.78, 5) is 12.1. The standard InChI is InChI=1S/C22H37N5/c1-19(2)17-25-11-7-8-20(18-25)16-24-22(23-3)27-14-12-26(13-15-27)21-9-5-4-6-10-21/h4-6,9-10,19-20H,7-8,11-18H2,1-3H3,(H,23,24). The second-order valence-electron chi connectivity index (χ2n) is 8.40. The Hall–Kier alpha value is -1.75. The lowest BCUT2D eigenvalue weighted by atomic mass is 9.97. The molecular weight excluding hydrogens is 334 g/mol. The van der Waals surface area contributed by atoms with Crippen LogP contribution in [0.4, 0.5) is 5.69 Å². The number of aliphatic imine (C=N–C) groups is 1.